The Morgan fingerprint density at radius 1 is 0.436 bits per heavy atom. The minimum Gasteiger partial charge on any atom is -0.491 e. The minimum absolute atomic E-state index is 0.0541. The van der Waals surface area contributed by atoms with Crippen LogP contribution in [0.4, 0.5) is 0 Å². The normalized spacial score (nSPS) is 11.7. The first-order valence-electron chi connectivity index (χ1n) is 12.4. The Balaban J connectivity index is 1.13. The van der Waals surface area contributed by atoms with Crippen LogP contribution < -0.4 is 9.47 Å². The maximum absolute atomic E-state index is 12.6. The van der Waals surface area contributed by atoms with Crippen LogP contribution in [0.3, 0.4) is 0 Å². The van der Waals surface area contributed by atoms with Gasteiger partial charge in [-0.25, -0.2) is 16.8 Å². The molecule has 9 heteroatoms. The molecule has 0 saturated heterocycles. The highest BCUT2D eigenvalue weighted by atomic mass is 32.2. The fraction of sp³-hybridized carbons (Fsp3) is 0.200. The van der Waals surface area contributed by atoms with E-state index in [2.05, 4.69) is 0 Å². The topological polar surface area (TPSA) is 96.0 Å². The van der Waals surface area contributed by atoms with Crippen LogP contribution in [0, 0.1) is 0 Å². The van der Waals surface area contributed by atoms with Crippen molar-refractivity contribution in [2.75, 3.05) is 26.4 Å². The minimum atomic E-state index is -3.44. The van der Waals surface area contributed by atoms with Gasteiger partial charge in [-0.05, 0) is 59.7 Å². The van der Waals surface area contributed by atoms with Gasteiger partial charge in [-0.15, -0.1) is 0 Å². The van der Waals surface area contributed by atoms with Crippen molar-refractivity contribution in [2.45, 2.75) is 21.3 Å². The van der Waals surface area contributed by atoms with Gasteiger partial charge in [0.05, 0.1) is 34.5 Å². The van der Waals surface area contributed by atoms with Crippen molar-refractivity contribution in [1.29, 1.82) is 0 Å². The van der Waals surface area contributed by atoms with Crippen LogP contribution >= 0.6 is 0 Å². The molecule has 39 heavy (non-hydrogen) atoms. The third kappa shape index (κ3) is 8.68. The molecule has 4 rings (SSSR count). The van der Waals surface area contributed by atoms with Gasteiger partial charge in [0.25, 0.3) is 0 Å². The smallest absolute Gasteiger partial charge is 0.182 e. The van der Waals surface area contributed by atoms with Gasteiger partial charge in [0.1, 0.15) is 24.7 Å². The van der Waals surface area contributed by atoms with Crippen LogP contribution in [-0.2, 0) is 35.9 Å². The Labute approximate surface area is 229 Å². The molecule has 0 fully saturated rings. The number of hydrogen-bond donors (Lipinski definition) is 0. The molecule has 0 aromatic heterocycles. The molecule has 0 aliphatic rings. The van der Waals surface area contributed by atoms with Crippen LogP contribution in [0.25, 0.3) is 0 Å². The van der Waals surface area contributed by atoms with E-state index in [0.29, 0.717) is 37.9 Å². The number of ether oxygens (including phenoxy) is 3. The summed E-state index contributed by atoms with van der Waals surface area (Å²) in [5.41, 5.74) is 1.48. The van der Waals surface area contributed by atoms with Crippen molar-refractivity contribution in [3.8, 4) is 11.5 Å². The van der Waals surface area contributed by atoms with Gasteiger partial charge >= 0.3 is 0 Å². The first kappa shape index (κ1) is 28.4. The van der Waals surface area contributed by atoms with E-state index in [-0.39, 0.29) is 21.3 Å². The zero-order valence-electron chi connectivity index (χ0n) is 21.3. The summed E-state index contributed by atoms with van der Waals surface area (Å²) in [5, 5.41) is 0. The van der Waals surface area contributed by atoms with Gasteiger partial charge in [-0.2, -0.15) is 0 Å². The zero-order chi connectivity index (χ0) is 27.6. The second kappa shape index (κ2) is 13.4. The lowest BCUT2D eigenvalue weighted by atomic mass is 10.2. The van der Waals surface area contributed by atoms with E-state index < -0.39 is 19.7 Å². The molecular formula is C30H30O7S2. The molecule has 0 bridgehead atoms. The standard InChI is InChI=1S/C30H30O7S2/c31-38(32,23-25-7-3-1-4-8-25)29-15-11-27(12-16-29)36-21-19-35-20-22-37-28-13-17-30(18-14-28)39(33,34)24-26-9-5-2-6-10-26/h1-18H,19-24H2. The molecular weight excluding hydrogens is 536 g/mol. The Morgan fingerprint density at radius 3 is 1.15 bits per heavy atom. The third-order valence-electron chi connectivity index (χ3n) is 5.76. The second-order valence-corrected chi connectivity index (χ2v) is 12.7. The predicted octanol–water partition coefficient (Wildman–Crippen LogP) is 5.11. The molecule has 0 saturated carbocycles. The first-order chi connectivity index (χ1) is 18.8. The molecule has 7 nitrogen and oxygen atoms in total. The highest BCUT2D eigenvalue weighted by molar-refractivity contribution is 7.91. The largest absolute Gasteiger partial charge is 0.491 e. The van der Waals surface area contributed by atoms with Gasteiger partial charge in [0.2, 0.25) is 0 Å². The van der Waals surface area contributed by atoms with E-state index in [9.17, 15) is 16.8 Å². The average Bonchev–Trinajstić information content (AvgIpc) is 2.94. The van der Waals surface area contributed by atoms with Gasteiger partial charge in [-0.3, -0.25) is 0 Å². The van der Waals surface area contributed by atoms with Gasteiger partial charge < -0.3 is 14.2 Å². The van der Waals surface area contributed by atoms with Gasteiger partial charge in [0.15, 0.2) is 19.7 Å². The Bertz CT molecular complexity index is 1400. The molecule has 0 spiro atoms. The van der Waals surface area contributed by atoms with E-state index in [1.54, 1.807) is 72.8 Å². The number of hydrogen-bond acceptors (Lipinski definition) is 7. The number of benzene rings is 4. The Morgan fingerprint density at radius 2 is 0.795 bits per heavy atom. The fourth-order valence-corrected chi connectivity index (χ4v) is 6.48. The lowest BCUT2D eigenvalue weighted by Crippen LogP contribution is -2.12. The summed E-state index contributed by atoms with van der Waals surface area (Å²) in [6.45, 7) is 1.25. The fourth-order valence-electron chi connectivity index (χ4n) is 3.78. The van der Waals surface area contributed by atoms with Crippen molar-refractivity contribution in [3.05, 3.63) is 120 Å². The molecule has 0 amide bonds. The average molecular weight is 567 g/mol. The van der Waals surface area contributed by atoms with E-state index in [1.165, 1.54) is 0 Å². The van der Waals surface area contributed by atoms with Crippen LogP contribution in [0.2, 0.25) is 0 Å². The molecule has 0 aliphatic heterocycles. The van der Waals surface area contributed by atoms with Crippen molar-refractivity contribution in [1.82, 2.24) is 0 Å². The van der Waals surface area contributed by atoms with Crippen LogP contribution in [-0.4, -0.2) is 43.3 Å². The van der Waals surface area contributed by atoms with Crippen LogP contribution in [0.15, 0.2) is 119 Å². The Hall–Kier alpha value is -3.66. The van der Waals surface area contributed by atoms with E-state index >= 15 is 0 Å². The molecule has 0 unspecified atom stereocenters. The van der Waals surface area contributed by atoms with Crippen molar-refractivity contribution in [3.63, 3.8) is 0 Å². The van der Waals surface area contributed by atoms with E-state index in [1.807, 2.05) is 36.4 Å². The number of sulfone groups is 2. The highest BCUT2D eigenvalue weighted by Crippen LogP contribution is 2.21. The third-order valence-corrected chi connectivity index (χ3v) is 9.17. The van der Waals surface area contributed by atoms with Crippen molar-refractivity contribution in [2.24, 2.45) is 0 Å². The molecule has 4 aromatic rings. The maximum Gasteiger partial charge on any atom is 0.182 e. The van der Waals surface area contributed by atoms with E-state index in [0.717, 1.165) is 11.1 Å². The van der Waals surface area contributed by atoms with Gasteiger partial charge in [0, 0.05) is 0 Å². The highest BCUT2D eigenvalue weighted by Gasteiger charge is 2.16. The summed E-state index contributed by atoms with van der Waals surface area (Å²) in [6.07, 6.45) is 0. The summed E-state index contributed by atoms with van der Waals surface area (Å²) >= 11 is 0. The Kier molecular flexibility index (Phi) is 9.75. The number of rotatable bonds is 14. The summed E-state index contributed by atoms with van der Waals surface area (Å²) in [5.74, 6) is 0.995. The molecule has 0 N–H and O–H groups in total. The zero-order valence-corrected chi connectivity index (χ0v) is 22.9. The summed E-state index contributed by atoms with van der Waals surface area (Å²) in [7, 11) is -6.87. The monoisotopic (exact) mass is 566 g/mol. The lowest BCUT2D eigenvalue weighted by Gasteiger charge is -2.10. The molecule has 4 aromatic carbocycles. The first-order valence-corrected chi connectivity index (χ1v) is 15.7. The molecule has 0 heterocycles. The van der Waals surface area contributed by atoms with Gasteiger partial charge in [-0.1, -0.05) is 60.7 Å². The quantitative estimate of drug-likeness (QED) is 0.196. The SMILES string of the molecule is O=S(=O)(Cc1ccccc1)c1ccc(OCCOCCOc2ccc(S(=O)(=O)Cc3ccccc3)cc2)cc1. The summed E-state index contributed by atoms with van der Waals surface area (Å²) < 4.78 is 67.2. The maximum atomic E-state index is 12.6. The van der Waals surface area contributed by atoms with Crippen molar-refractivity contribution >= 4 is 19.7 Å². The van der Waals surface area contributed by atoms with Crippen LogP contribution in [0.1, 0.15) is 11.1 Å². The molecule has 0 radical (unpaired) electrons. The summed E-state index contributed by atoms with van der Waals surface area (Å²) in [4.78, 5) is 0.489. The molecule has 0 atom stereocenters. The lowest BCUT2D eigenvalue weighted by molar-refractivity contribution is 0.0764. The summed E-state index contributed by atoms with van der Waals surface area (Å²) in [6, 6.07) is 30.8. The molecule has 204 valence electrons. The van der Waals surface area contributed by atoms with Crippen LogP contribution in [0.5, 0.6) is 11.5 Å². The predicted molar refractivity (Wildman–Crippen MR) is 149 cm³/mol. The van der Waals surface area contributed by atoms with Crippen molar-refractivity contribution < 1.29 is 31.0 Å². The molecule has 0 aliphatic carbocycles. The van der Waals surface area contributed by atoms with E-state index in [4.69, 9.17) is 14.2 Å². The second-order valence-electron chi connectivity index (χ2n) is 8.74.